The molecule has 1 atom stereocenters. The molecular formula is C18H30ClN3O. The van der Waals surface area contributed by atoms with E-state index in [9.17, 15) is 4.79 Å². The number of hydrogen-bond acceptors (Lipinski definition) is 3. The highest BCUT2D eigenvalue weighted by atomic mass is 35.5. The molecule has 23 heavy (non-hydrogen) atoms. The fourth-order valence-corrected chi connectivity index (χ4v) is 2.88. The van der Waals surface area contributed by atoms with Crippen molar-refractivity contribution >= 4 is 18.3 Å². The van der Waals surface area contributed by atoms with Gasteiger partial charge in [0.05, 0.1) is 0 Å². The highest BCUT2D eigenvalue weighted by Gasteiger charge is 2.19. The largest absolute Gasteiger partial charge is 0.337 e. The van der Waals surface area contributed by atoms with Crippen molar-refractivity contribution in [3.05, 3.63) is 35.9 Å². The summed E-state index contributed by atoms with van der Waals surface area (Å²) in [5, 5.41) is 3.47. The van der Waals surface area contributed by atoms with Gasteiger partial charge < -0.3 is 15.1 Å². The van der Waals surface area contributed by atoms with E-state index in [1.165, 1.54) is 18.4 Å². The van der Waals surface area contributed by atoms with E-state index in [1.54, 1.807) is 0 Å². The Labute approximate surface area is 146 Å². The maximum absolute atomic E-state index is 12.6. The second-order valence-corrected chi connectivity index (χ2v) is 6.44. The van der Waals surface area contributed by atoms with Crippen molar-refractivity contribution in [1.29, 1.82) is 0 Å². The first-order valence-electron chi connectivity index (χ1n) is 8.35. The fourth-order valence-electron chi connectivity index (χ4n) is 2.88. The first-order chi connectivity index (χ1) is 10.6. The molecule has 0 spiro atoms. The SMILES string of the molecule is CN(C)CCN(Cc1ccccc1)C(=O)CCC1CCCN1.Cl. The number of benzene rings is 1. The molecule has 0 radical (unpaired) electrons. The Kier molecular flexibility index (Phi) is 9.22. The van der Waals surface area contributed by atoms with Crippen LogP contribution in [0.4, 0.5) is 0 Å². The van der Waals surface area contributed by atoms with E-state index in [0.29, 0.717) is 19.0 Å². The lowest BCUT2D eigenvalue weighted by molar-refractivity contribution is -0.132. The first-order valence-corrected chi connectivity index (χ1v) is 8.35. The number of carbonyl (C=O) groups excluding carboxylic acids is 1. The molecule has 0 saturated carbocycles. The summed E-state index contributed by atoms with van der Waals surface area (Å²) < 4.78 is 0. The van der Waals surface area contributed by atoms with E-state index >= 15 is 0 Å². The highest BCUT2D eigenvalue weighted by molar-refractivity contribution is 5.85. The van der Waals surface area contributed by atoms with Gasteiger partial charge in [0.15, 0.2) is 0 Å². The molecule has 1 fully saturated rings. The summed E-state index contributed by atoms with van der Waals surface area (Å²) in [7, 11) is 4.10. The van der Waals surface area contributed by atoms with Gasteiger partial charge in [-0.05, 0) is 45.5 Å². The third-order valence-electron chi connectivity index (χ3n) is 4.26. The molecule has 1 aromatic rings. The topological polar surface area (TPSA) is 35.6 Å². The maximum Gasteiger partial charge on any atom is 0.222 e. The second-order valence-electron chi connectivity index (χ2n) is 6.44. The number of nitrogens with one attached hydrogen (secondary N) is 1. The molecule has 130 valence electrons. The quantitative estimate of drug-likeness (QED) is 0.790. The summed E-state index contributed by atoms with van der Waals surface area (Å²) in [6, 6.07) is 10.8. The number of likely N-dealkylation sites (N-methyl/N-ethyl adjacent to an activating group) is 1. The van der Waals surface area contributed by atoms with Gasteiger partial charge in [0.25, 0.3) is 0 Å². The lowest BCUT2D eigenvalue weighted by atomic mass is 10.1. The van der Waals surface area contributed by atoms with Crippen molar-refractivity contribution < 1.29 is 4.79 Å². The van der Waals surface area contributed by atoms with E-state index in [1.807, 2.05) is 37.2 Å². The minimum Gasteiger partial charge on any atom is -0.337 e. The average molecular weight is 340 g/mol. The zero-order chi connectivity index (χ0) is 15.8. The Morgan fingerprint density at radius 3 is 2.57 bits per heavy atom. The van der Waals surface area contributed by atoms with Crippen molar-refractivity contribution in [1.82, 2.24) is 15.1 Å². The predicted molar refractivity (Wildman–Crippen MR) is 97.9 cm³/mol. The van der Waals surface area contributed by atoms with Crippen LogP contribution in [0.25, 0.3) is 0 Å². The zero-order valence-corrected chi connectivity index (χ0v) is 15.1. The molecule has 0 aliphatic carbocycles. The summed E-state index contributed by atoms with van der Waals surface area (Å²) in [6.07, 6.45) is 4.07. The lowest BCUT2D eigenvalue weighted by Gasteiger charge is -2.25. The normalized spacial score (nSPS) is 17.1. The Morgan fingerprint density at radius 2 is 1.96 bits per heavy atom. The smallest absolute Gasteiger partial charge is 0.222 e. The standard InChI is InChI=1S/C18H29N3O.ClH/c1-20(2)13-14-21(15-16-7-4-3-5-8-16)18(22)11-10-17-9-6-12-19-17;/h3-5,7-8,17,19H,6,9-15H2,1-2H3;1H. The number of carbonyl (C=O) groups is 1. The van der Waals surface area contributed by atoms with E-state index in [-0.39, 0.29) is 18.3 Å². The van der Waals surface area contributed by atoms with Crippen LogP contribution in [0.5, 0.6) is 0 Å². The van der Waals surface area contributed by atoms with Gasteiger partial charge in [-0.1, -0.05) is 30.3 Å². The molecule has 5 heteroatoms. The van der Waals surface area contributed by atoms with Crippen LogP contribution in [0.2, 0.25) is 0 Å². The molecule has 1 N–H and O–H groups in total. The van der Waals surface area contributed by atoms with Crippen LogP contribution in [-0.2, 0) is 11.3 Å². The van der Waals surface area contributed by atoms with E-state index in [0.717, 1.165) is 26.1 Å². The van der Waals surface area contributed by atoms with Crippen molar-refractivity contribution in [3.8, 4) is 0 Å². The third-order valence-corrected chi connectivity index (χ3v) is 4.26. The van der Waals surface area contributed by atoms with Gasteiger partial charge in [-0.25, -0.2) is 0 Å². The number of halogens is 1. The second kappa shape index (κ2) is 10.6. The van der Waals surface area contributed by atoms with E-state index in [2.05, 4.69) is 22.3 Å². The van der Waals surface area contributed by atoms with Crippen LogP contribution in [0, 0.1) is 0 Å². The molecule has 1 aromatic carbocycles. The van der Waals surface area contributed by atoms with Crippen molar-refractivity contribution in [3.63, 3.8) is 0 Å². The van der Waals surface area contributed by atoms with Crippen LogP contribution in [0.3, 0.4) is 0 Å². The summed E-state index contributed by atoms with van der Waals surface area (Å²) in [5.41, 5.74) is 1.20. The molecule has 1 amide bonds. The third kappa shape index (κ3) is 7.34. The average Bonchev–Trinajstić information content (AvgIpc) is 3.03. The zero-order valence-electron chi connectivity index (χ0n) is 14.3. The minimum absolute atomic E-state index is 0. The Hall–Kier alpha value is -1.10. The number of rotatable bonds is 8. The lowest BCUT2D eigenvalue weighted by Crippen LogP contribution is -2.37. The van der Waals surface area contributed by atoms with Crippen LogP contribution >= 0.6 is 12.4 Å². The molecule has 1 saturated heterocycles. The van der Waals surface area contributed by atoms with E-state index < -0.39 is 0 Å². The molecule has 0 aromatic heterocycles. The molecule has 1 unspecified atom stereocenters. The van der Waals surface area contributed by atoms with Crippen molar-refractivity contribution in [2.75, 3.05) is 33.7 Å². The van der Waals surface area contributed by atoms with Gasteiger partial charge in [-0.3, -0.25) is 4.79 Å². The number of amides is 1. The Morgan fingerprint density at radius 1 is 1.22 bits per heavy atom. The van der Waals surface area contributed by atoms with Crippen LogP contribution in [0.15, 0.2) is 30.3 Å². The van der Waals surface area contributed by atoms with Gasteiger partial charge in [0, 0.05) is 32.1 Å². The summed E-state index contributed by atoms with van der Waals surface area (Å²) in [5.74, 6) is 0.277. The Balaban J connectivity index is 0.00000264. The Bertz CT molecular complexity index is 447. The monoisotopic (exact) mass is 339 g/mol. The van der Waals surface area contributed by atoms with Gasteiger partial charge in [-0.15, -0.1) is 12.4 Å². The molecule has 1 aliphatic rings. The molecule has 4 nitrogen and oxygen atoms in total. The maximum atomic E-state index is 12.6. The molecule has 2 rings (SSSR count). The van der Waals surface area contributed by atoms with Gasteiger partial charge >= 0.3 is 0 Å². The summed E-state index contributed by atoms with van der Waals surface area (Å²) >= 11 is 0. The summed E-state index contributed by atoms with van der Waals surface area (Å²) in [6.45, 7) is 3.51. The van der Waals surface area contributed by atoms with Crippen LogP contribution < -0.4 is 5.32 Å². The first kappa shape index (κ1) is 19.9. The highest BCUT2D eigenvalue weighted by Crippen LogP contribution is 2.13. The van der Waals surface area contributed by atoms with Crippen molar-refractivity contribution in [2.45, 2.75) is 38.3 Å². The summed E-state index contributed by atoms with van der Waals surface area (Å²) in [4.78, 5) is 16.7. The van der Waals surface area contributed by atoms with E-state index in [4.69, 9.17) is 0 Å². The minimum atomic E-state index is 0. The predicted octanol–water partition coefficient (Wildman–Crippen LogP) is 2.53. The van der Waals surface area contributed by atoms with Crippen LogP contribution in [-0.4, -0.2) is 55.5 Å². The van der Waals surface area contributed by atoms with Gasteiger partial charge in [0.2, 0.25) is 5.91 Å². The van der Waals surface area contributed by atoms with Crippen LogP contribution in [0.1, 0.15) is 31.2 Å². The number of hydrogen-bond donors (Lipinski definition) is 1. The molecular weight excluding hydrogens is 310 g/mol. The fraction of sp³-hybridized carbons (Fsp3) is 0.611. The van der Waals surface area contributed by atoms with Gasteiger partial charge in [-0.2, -0.15) is 0 Å². The molecule has 1 aliphatic heterocycles. The molecule has 0 bridgehead atoms. The molecule has 1 heterocycles. The van der Waals surface area contributed by atoms with Gasteiger partial charge in [0.1, 0.15) is 0 Å². The van der Waals surface area contributed by atoms with Crippen molar-refractivity contribution in [2.24, 2.45) is 0 Å². The number of nitrogens with zero attached hydrogens (tertiary/aromatic N) is 2.